The Morgan fingerprint density at radius 1 is 1.04 bits per heavy atom. The first-order valence-corrected chi connectivity index (χ1v) is 8.02. The average molecular weight is 330 g/mol. The van der Waals surface area contributed by atoms with Crippen LogP contribution in [0.25, 0.3) is 0 Å². The molecule has 1 heterocycles. The van der Waals surface area contributed by atoms with Crippen LogP contribution in [0.15, 0.2) is 54.6 Å². The number of hydrogen-bond donors (Lipinski definition) is 1. The monoisotopic (exact) mass is 329 g/mol. The molecule has 2 aromatic carbocycles. The number of carbonyl (C=O) groups is 2. The number of amides is 2. The molecule has 0 saturated carbocycles. The van der Waals surface area contributed by atoms with Crippen LogP contribution in [0.3, 0.4) is 0 Å². The zero-order chi connectivity index (χ0) is 16.2. The third-order valence-corrected chi connectivity index (χ3v) is 4.25. The lowest BCUT2D eigenvalue weighted by Crippen LogP contribution is -2.92. The first-order chi connectivity index (χ1) is 11.1. The predicted octanol–water partition coefficient (Wildman–Crippen LogP) is 1.78. The molecule has 2 amide bonds. The van der Waals surface area contributed by atoms with E-state index in [4.69, 9.17) is 11.6 Å². The molecule has 0 spiro atoms. The van der Waals surface area contributed by atoms with E-state index in [9.17, 15) is 9.59 Å². The van der Waals surface area contributed by atoms with E-state index < -0.39 is 0 Å². The molecule has 1 aliphatic rings. The van der Waals surface area contributed by atoms with Crippen LogP contribution in [0, 0.1) is 0 Å². The number of imide groups is 1. The van der Waals surface area contributed by atoms with Gasteiger partial charge in [0.05, 0.1) is 18.7 Å². The van der Waals surface area contributed by atoms with Crippen molar-refractivity contribution in [3.8, 4) is 0 Å². The van der Waals surface area contributed by atoms with E-state index >= 15 is 0 Å². The van der Waals surface area contributed by atoms with Gasteiger partial charge in [0.1, 0.15) is 0 Å². The van der Waals surface area contributed by atoms with Gasteiger partial charge in [-0.05, 0) is 29.8 Å². The van der Waals surface area contributed by atoms with Crippen molar-refractivity contribution >= 4 is 29.1 Å². The predicted molar refractivity (Wildman–Crippen MR) is 89.3 cm³/mol. The summed E-state index contributed by atoms with van der Waals surface area (Å²) in [6.07, 6.45) is 1.12. The number of carbonyl (C=O) groups excluding carboxylic acids is 2. The van der Waals surface area contributed by atoms with Gasteiger partial charge in [0, 0.05) is 11.4 Å². The van der Waals surface area contributed by atoms with Crippen molar-refractivity contribution in [3.63, 3.8) is 0 Å². The normalized spacial score (nSPS) is 17.8. The molecule has 0 aliphatic carbocycles. The molecular weight excluding hydrogens is 312 g/mol. The van der Waals surface area contributed by atoms with Gasteiger partial charge >= 0.3 is 0 Å². The second-order valence-corrected chi connectivity index (χ2v) is 6.05. The number of rotatable bonds is 5. The topological polar surface area (TPSA) is 54.0 Å². The molecule has 118 valence electrons. The van der Waals surface area contributed by atoms with E-state index in [0.717, 1.165) is 13.0 Å². The summed E-state index contributed by atoms with van der Waals surface area (Å²) < 4.78 is 0. The van der Waals surface area contributed by atoms with Crippen molar-refractivity contribution in [2.45, 2.75) is 18.9 Å². The highest BCUT2D eigenvalue weighted by molar-refractivity contribution is 6.30. The van der Waals surface area contributed by atoms with E-state index in [1.807, 2.05) is 23.5 Å². The molecule has 1 aliphatic heterocycles. The van der Waals surface area contributed by atoms with Crippen LogP contribution in [0.4, 0.5) is 5.69 Å². The molecule has 0 aromatic heterocycles. The first kappa shape index (κ1) is 15.7. The van der Waals surface area contributed by atoms with E-state index in [0.29, 0.717) is 10.7 Å². The van der Waals surface area contributed by atoms with Crippen LogP contribution >= 0.6 is 11.6 Å². The van der Waals surface area contributed by atoms with Crippen LogP contribution in [0.5, 0.6) is 0 Å². The number of nitrogens with zero attached hydrogens (tertiary/aromatic N) is 1. The summed E-state index contributed by atoms with van der Waals surface area (Å²) in [5.41, 5.74) is 1.82. The molecule has 5 heteroatoms. The van der Waals surface area contributed by atoms with Crippen molar-refractivity contribution in [3.05, 3.63) is 65.2 Å². The first-order valence-electron chi connectivity index (χ1n) is 7.65. The number of quaternary nitrogens is 1. The molecule has 1 unspecified atom stereocenters. The number of anilines is 1. The third kappa shape index (κ3) is 3.60. The van der Waals surface area contributed by atoms with Crippen molar-refractivity contribution < 1.29 is 14.9 Å². The Labute approximate surface area is 140 Å². The van der Waals surface area contributed by atoms with Gasteiger partial charge in [-0.2, -0.15) is 0 Å². The van der Waals surface area contributed by atoms with E-state index in [-0.39, 0.29) is 24.3 Å². The summed E-state index contributed by atoms with van der Waals surface area (Å²) in [5, 5.41) is 2.54. The fourth-order valence-electron chi connectivity index (χ4n) is 2.80. The molecule has 0 bridgehead atoms. The van der Waals surface area contributed by atoms with Crippen LogP contribution in [0.2, 0.25) is 5.02 Å². The maximum atomic E-state index is 12.5. The quantitative estimate of drug-likeness (QED) is 0.850. The number of benzene rings is 2. The molecule has 4 nitrogen and oxygen atoms in total. The van der Waals surface area contributed by atoms with Gasteiger partial charge in [-0.3, -0.25) is 9.59 Å². The van der Waals surface area contributed by atoms with Crippen LogP contribution < -0.4 is 10.2 Å². The van der Waals surface area contributed by atoms with Crippen LogP contribution in [0.1, 0.15) is 12.0 Å². The Kier molecular flexibility index (Phi) is 4.74. The largest absolute Gasteiger partial charge is 0.335 e. The minimum absolute atomic E-state index is 0.148. The highest BCUT2D eigenvalue weighted by Gasteiger charge is 2.41. The van der Waals surface area contributed by atoms with Gasteiger partial charge in [-0.25, -0.2) is 4.90 Å². The molecule has 1 fully saturated rings. The van der Waals surface area contributed by atoms with Gasteiger partial charge in [0.2, 0.25) is 5.91 Å². The number of halogens is 1. The van der Waals surface area contributed by atoms with Crippen molar-refractivity contribution in [1.82, 2.24) is 0 Å². The smallest absolute Gasteiger partial charge is 0.292 e. The summed E-state index contributed by atoms with van der Waals surface area (Å²) >= 11 is 5.85. The van der Waals surface area contributed by atoms with Crippen LogP contribution in [-0.4, -0.2) is 24.4 Å². The van der Waals surface area contributed by atoms with E-state index in [1.54, 1.807) is 24.3 Å². The SMILES string of the molecule is O=C1CC([NH2+]CCc2ccccc2)C(=O)N1c1ccc(Cl)cc1. The van der Waals surface area contributed by atoms with Gasteiger partial charge in [-0.1, -0.05) is 41.9 Å². The Hall–Kier alpha value is -2.17. The fraction of sp³-hybridized carbons (Fsp3) is 0.222. The summed E-state index contributed by atoms with van der Waals surface area (Å²) in [6.45, 7) is 0.780. The summed E-state index contributed by atoms with van der Waals surface area (Å²) in [7, 11) is 0. The lowest BCUT2D eigenvalue weighted by molar-refractivity contribution is -0.674. The second kappa shape index (κ2) is 6.94. The molecule has 3 rings (SSSR count). The maximum absolute atomic E-state index is 12.5. The minimum Gasteiger partial charge on any atom is -0.335 e. The molecule has 23 heavy (non-hydrogen) atoms. The maximum Gasteiger partial charge on any atom is 0.292 e. The van der Waals surface area contributed by atoms with Crippen LogP contribution in [-0.2, 0) is 16.0 Å². The summed E-state index contributed by atoms with van der Waals surface area (Å²) in [4.78, 5) is 25.9. The number of hydrogen-bond acceptors (Lipinski definition) is 2. The molecule has 1 atom stereocenters. The summed E-state index contributed by atoms with van der Waals surface area (Å²) in [5.74, 6) is -0.302. The molecule has 1 saturated heterocycles. The van der Waals surface area contributed by atoms with E-state index in [2.05, 4.69) is 12.1 Å². The standard InChI is InChI=1S/C18H17ClN2O2/c19-14-6-8-15(9-7-14)21-17(22)12-16(18(21)23)20-11-10-13-4-2-1-3-5-13/h1-9,16,20H,10-12H2/p+1. The molecule has 2 aromatic rings. The van der Waals surface area contributed by atoms with E-state index in [1.165, 1.54) is 10.5 Å². The molecule has 0 radical (unpaired) electrons. The lowest BCUT2D eigenvalue weighted by atomic mass is 10.1. The van der Waals surface area contributed by atoms with Crippen molar-refractivity contribution in [2.75, 3.05) is 11.4 Å². The Bertz CT molecular complexity index is 701. The zero-order valence-corrected chi connectivity index (χ0v) is 13.4. The van der Waals surface area contributed by atoms with Gasteiger partial charge in [-0.15, -0.1) is 0 Å². The Morgan fingerprint density at radius 3 is 2.43 bits per heavy atom. The van der Waals surface area contributed by atoms with Crippen molar-refractivity contribution in [1.29, 1.82) is 0 Å². The third-order valence-electron chi connectivity index (χ3n) is 3.99. The Morgan fingerprint density at radius 2 is 1.74 bits per heavy atom. The Balaban J connectivity index is 1.61. The fourth-order valence-corrected chi connectivity index (χ4v) is 2.92. The average Bonchev–Trinajstić information content (AvgIpc) is 2.84. The van der Waals surface area contributed by atoms with Crippen molar-refractivity contribution in [2.24, 2.45) is 0 Å². The highest BCUT2D eigenvalue weighted by atomic mass is 35.5. The zero-order valence-electron chi connectivity index (χ0n) is 12.6. The van der Waals surface area contributed by atoms with Gasteiger partial charge < -0.3 is 5.32 Å². The number of nitrogens with two attached hydrogens (primary N) is 1. The van der Waals surface area contributed by atoms with Gasteiger partial charge in [0.25, 0.3) is 5.91 Å². The lowest BCUT2D eigenvalue weighted by Gasteiger charge is -2.14. The molecular formula is C18H18ClN2O2+. The minimum atomic E-state index is -0.332. The molecule has 2 N–H and O–H groups in total. The second-order valence-electron chi connectivity index (χ2n) is 5.61. The summed E-state index contributed by atoms with van der Waals surface area (Å²) in [6, 6.07) is 16.6. The van der Waals surface area contributed by atoms with Gasteiger partial charge in [0.15, 0.2) is 6.04 Å². The highest BCUT2D eigenvalue weighted by Crippen LogP contribution is 2.23.